The van der Waals surface area contributed by atoms with Crippen LogP contribution in [0, 0.1) is 0 Å². The largest absolute Gasteiger partial charge is 0.393 e. The van der Waals surface area contributed by atoms with Crippen molar-refractivity contribution in [1.29, 1.82) is 0 Å². The zero-order valence-electron chi connectivity index (χ0n) is 8.95. The first kappa shape index (κ1) is 13.8. The molecule has 6 heteroatoms. The molecule has 0 aromatic heterocycles. The summed E-state index contributed by atoms with van der Waals surface area (Å²) in [6, 6.07) is -0.260. The summed E-state index contributed by atoms with van der Waals surface area (Å²) in [6.07, 6.45) is 0.664. The summed E-state index contributed by atoms with van der Waals surface area (Å²) < 4.78 is 27.4. The van der Waals surface area contributed by atoms with E-state index in [4.69, 9.17) is 5.11 Å². The summed E-state index contributed by atoms with van der Waals surface area (Å²) >= 11 is 0. The van der Waals surface area contributed by atoms with Crippen LogP contribution in [0.3, 0.4) is 0 Å². The number of rotatable bonds is 7. The van der Waals surface area contributed by atoms with Gasteiger partial charge in [-0.05, 0) is 26.7 Å². The van der Waals surface area contributed by atoms with Gasteiger partial charge < -0.3 is 5.11 Å². The fourth-order valence-electron chi connectivity index (χ4n) is 1.10. The third-order valence-electron chi connectivity index (χ3n) is 1.59. The Kier molecular flexibility index (Phi) is 6.26. The molecule has 86 valence electrons. The number of hydrogen-bond donors (Lipinski definition) is 3. The Labute approximate surface area is 86.1 Å². The van der Waals surface area contributed by atoms with Crippen molar-refractivity contribution in [3.8, 4) is 0 Å². The van der Waals surface area contributed by atoms with Crippen LogP contribution in [0.2, 0.25) is 0 Å². The first-order valence-electron chi connectivity index (χ1n) is 4.82. The van der Waals surface area contributed by atoms with Gasteiger partial charge in [-0.3, -0.25) is 0 Å². The lowest BCUT2D eigenvalue weighted by Crippen LogP contribution is -2.42. The van der Waals surface area contributed by atoms with Crippen molar-refractivity contribution in [3.05, 3.63) is 0 Å². The number of nitrogens with one attached hydrogen (secondary N) is 2. The highest BCUT2D eigenvalue weighted by atomic mass is 32.2. The second-order valence-corrected chi connectivity index (χ2v) is 5.03. The van der Waals surface area contributed by atoms with Crippen LogP contribution in [-0.4, -0.2) is 32.2 Å². The van der Waals surface area contributed by atoms with Gasteiger partial charge in [0.05, 0.1) is 6.10 Å². The average Bonchev–Trinajstić information content (AvgIpc) is 1.98. The van der Waals surface area contributed by atoms with E-state index in [0.717, 1.165) is 6.42 Å². The third kappa shape index (κ3) is 7.25. The lowest BCUT2D eigenvalue weighted by atomic mass is 10.2. The molecule has 0 aliphatic carbocycles. The molecule has 14 heavy (non-hydrogen) atoms. The summed E-state index contributed by atoms with van der Waals surface area (Å²) in [4.78, 5) is 0. The smallest absolute Gasteiger partial charge is 0.277 e. The number of aliphatic hydroxyl groups excluding tert-OH is 1. The SMILES string of the molecule is CCCNS(=O)(=O)NC(C)CC(C)O. The van der Waals surface area contributed by atoms with E-state index in [-0.39, 0.29) is 6.04 Å². The molecule has 0 aliphatic heterocycles. The van der Waals surface area contributed by atoms with Crippen LogP contribution < -0.4 is 9.44 Å². The Morgan fingerprint density at radius 2 is 1.93 bits per heavy atom. The average molecular weight is 224 g/mol. The molecule has 2 atom stereocenters. The van der Waals surface area contributed by atoms with E-state index in [1.165, 1.54) is 0 Å². The summed E-state index contributed by atoms with van der Waals surface area (Å²) in [5.41, 5.74) is 0. The lowest BCUT2D eigenvalue weighted by Gasteiger charge is -2.15. The summed E-state index contributed by atoms with van der Waals surface area (Å²) in [5, 5.41) is 9.04. The normalized spacial score (nSPS) is 16.6. The molecule has 2 unspecified atom stereocenters. The second kappa shape index (κ2) is 6.34. The van der Waals surface area contributed by atoms with E-state index in [0.29, 0.717) is 13.0 Å². The molecule has 5 nitrogen and oxygen atoms in total. The van der Waals surface area contributed by atoms with Crippen molar-refractivity contribution in [2.45, 2.75) is 45.8 Å². The van der Waals surface area contributed by atoms with Gasteiger partial charge in [0.1, 0.15) is 0 Å². The van der Waals surface area contributed by atoms with Gasteiger partial charge in [-0.2, -0.15) is 13.1 Å². The van der Waals surface area contributed by atoms with E-state index >= 15 is 0 Å². The zero-order valence-corrected chi connectivity index (χ0v) is 9.76. The summed E-state index contributed by atoms with van der Waals surface area (Å²) in [6.45, 7) is 5.67. The van der Waals surface area contributed by atoms with Crippen molar-refractivity contribution in [1.82, 2.24) is 9.44 Å². The number of hydrogen-bond acceptors (Lipinski definition) is 3. The zero-order chi connectivity index (χ0) is 11.2. The van der Waals surface area contributed by atoms with E-state index in [2.05, 4.69) is 9.44 Å². The number of aliphatic hydroxyl groups is 1. The highest BCUT2D eigenvalue weighted by molar-refractivity contribution is 7.87. The Morgan fingerprint density at radius 1 is 1.36 bits per heavy atom. The standard InChI is InChI=1S/C8H20N2O3S/c1-4-5-9-14(12,13)10-7(2)6-8(3)11/h7-11H,4-6H2,1-3H3. The Balaban J connectivity index is 3.96. The van der Waals surface area contributed by atoms with E-state index < -0.39 is 16.3 Å². The van der Waals surface area contributed by atoms with Crippen LogP contribution >= 0.6 is 0 Å². The topological polar surface area (TPSA) is 78.4 Å². The first-order chi connectivity index (χ1) is 6.37. The maximum atomic E-state index is 11.3. The van der Waals surface area contributed by atoms with E-state index in [9.17, 15) is 8.42 Å². The maximum absolute atomic E-state index is 11.3. The van der Waals surface area contributed by atoms with Gasteiger partial charge in [0, 0.05) is 12.6 Å². The minimum absolute atomic E-state index is 0.260. The Bertz CT molecular complexity index is 239. The highest BCUT2D eigenvalue weighted by Crippen LogP contribution is 1.97. The highest BCUT2D eigenvalue weighted by Gasteiger charge is 2.14. The van der Waals surface area contributed by atoms with Crippen LogP contribution in [0.5, 0.6) is 0 Å². The van der Waals surface area contributed by atoms with Gasteiger partial charge in [-0.1, -0.05) is 6.92 Å². The maximum Gasteiger partial charge on any atom is 0.277 e. The molecule has 0 aromatic carbocycles. The second-order valence-electron chi connectivity index (χ2n) is 3.50. The molecule has 0 saturated carbocycles. The molecule has 0 bridgehead atoms. The molecule has 0 radical (unpaired) electrons. The predicted molar refractivity (Wildman–Crippen MR) is 56.1 cm³/mol. The molecule has 0 aromatic rings. The van der Waals surface area contributed by atoms with Crippen molar-refractivity contribution in [3.63, 3.8) is 0 Å². The van der Waals surface area contributed by atoms with Gasteiger partial charge in [0.2, 0.25) is 0 Å². The van der Waals surface area contributed by atoms with Crippen molar-refractivity contribution in [2.75, 3.05) is 6.54 Å². The summed E-state index contributed by atoms with van der Waals surface area (Å²) in [7, 11) is -3.40. The van der Waals surface area contributed by atoms with Crippen LogP contribution in [0.4, 0.5) is 0 Å². The van der Waals surface area contributed by atoms with Crippen molar-refractivity contribution >= 4 is 10.2 Å². The molecule has 0 spiro atoms. The monoisotopic (exact) mass is 224 g/mol. The molecular formula is C8H20N2O3S. The molecule has 0 saturated heterocycles. The Hall–Kier alpha value is -0.170. The van der Waals surface area contributed by atoms with Crippen molar-refractivity contribution < 1.29 is 13.5 Å². The van der Waals surface area contributed by atoms with Crippen LogP contribution in [0.1, 0.15) is 33.6 Å². The molecule has 0 fully saturated rings. The van der Waals surface area contributed by atoms with Gasteiger partial charge in [0.15, 0.2) is 0 Å². The molecular weight excluding hydrogens is 204 g/mol. The van der Waals surface area contributed by atoms with Gasteiger partial charge in [-0.25, -0.2) is 4.72 Å². The summed E-state index contributed by atoms with van der Waals surface area (Å²) in [5.74, 6) is 0. The molecule has 3 N–H and O–H groups in total. The van der Waals surface area contributed by atoms with Gasteiger partial charge in [0.25, 0.3) is 10.2 Å². The molecule has 0 amide bonds. The predicted octanol–water partition coefficient (Wildman–Crippen LogP) is -0.0202. The fourth-order valence-corrected chi connectivity index (χ4v) is 2.28. The quantitative estimate of drug-likeness (QED) is 0.568. The lowest BCUT2D eigenvalue weighted by molar-refractivity contribution is 0.175. The van der Waals surface area contributed by atoms with Gasteiger partial charge >= 0.3 is 0 Å². The first-order valence-corrected chi connectivity index (χ1v) is 6.30. The van der Waals surface area contributed by atoms with Crippen LogP contribution in [0.15, 0.2) is 0 Å². The molecule has 0 aliphatic rings. The van der Waals surface area contributed by atoms with Crippen LogP contribution in [0.25, 0.3) is 0 Å². The minimum atomic E-state index is -3.40. The Morgan fingerprint density at radius 3 is 2.36 bits per heavy atom. The third-order valence-corrected chi connectivity index (χ3v) is 2.89. The van der Waals surface area contributed by atoms with E-state index in [1.807, 2.05) is 6.92 Å². The molecule has 0 heterocycles. The molecule has 0 rings (SSSR count). The fraction of sp³-hybridized carbons (Fsp3) is 1.00. The van der Waals surface area contributed by atoms with E-state index in [1.54, 1.807) is 13.8 Å². The van der Waals surface area contributed by atoms with Crippen LogP contribution in [-0.2, 0) is 10.2 Å². The van der Waals surface area contributed by atoms with Gasteiger partial charge in [-0.15, -0.1) is 0 Å². The minimum Gasteiger partial charge on any atom is -0.393 e. The van der Waals surface area contributed by atoms with Crippen molar-refractivity contribution in [2.24, 2.45) is 0 Å².